The van der Waals surface area contributed by atoms with Crippen LogP contribution in [0.4, 0.5) is 0 Å². The van der Waals surface area contributed by atoms with Crippen LogP contribution in [0.1, 0.15) is 43.7 Å². The van der Waals surface area contributed by atoms with Crippen LogP contribution in [0.5, 0.6) is 0 Å². The molecule has 0 aliphatic heterocycles. The van der Waals surface area contributed by atoms with Crippen molar-refractivity contribution in [2.24, 2.45) is 0 Å². The monoisotopic (exact) mass is 300 g/mol. The maximum absolute atomic E-state index is 9.81. The Morgan fingerprint density at radius 3 is 2.41 bits per heavy atom. The van der Waals surface area contributed by atoms with Crippen molar-refractivity contribution in [2.45, 2.75) is 51.7 Å². The van der Waals surface area contributed by atoms with E-state index in [1.54, 1.807) is 0 Å². The van der Waals surface area contributed by atoms with Gasteiger partial charge in [-0.05, 0) is 42.9 Å². The van der Waals surface area contributed by atoms with Crippen molar-refractivity contribution in [3.8, 4) is 0 Å². The number of benzene rings is 1. The molecule has 3 atom stereocenters. The Morgan fingerprint density at radius 2 is 1.88 bits per heavy atom. The topological polar surface area (TPSA) is 40.5 Å². The molecule has 1 aromatic rings. The van der Waals surface area contributed by atoms with E-state index in [4.69, 9.17) is 0 Å². The fourth-order valence-corrected chi connectivity index (χ4v) is 2.24. The van der Waals surface area contributed by atoms with Gasteiger partial charge in [0.1, 0.15) is 0 Å². The first-order valence-corrected chi connectivity index (χ1v) is 6.87. The summed E-state index contributed by atoms with van der Waals surface area (Å²) in [5.41, 5.74) is 2.39. The second kappa shape index (κ2) is 6.53. The number of halogens is 1. The van der Waals surface area contributed by atoms with Crippen LogP contribution in [0.15, 0.2) is 22.7 Å². The van der Waals surface area contributed by atoms with Crippen molar-refractivity contribution < 1.29 is 10.2 Å². The van der Waals surface area contributed by atoms with E-state index < -0.39 is 12.2 Å². The molecule has 0 spiro atoms. The number of hydrogen-bond donors (Lipinski definition) is 2. The molecule has 1 aromatic carbocycles. The lowest BCUT2D eigenvalue weighted by Crippen LogP contribution is -2.26. The molecule has 0 saturated carbocycles. The summed E-state index contributed by atoms with van der Waals surface area (Å²) >= 11 is 3.51. The van der Waals surface area contributed by atoms with E-state index in [1.165, 1.54) is 11.1 Å². The molecule has 0 aliphatic carbocycles. The van der Waals surface area contributed by atoms with E-state index in [9.17, 15) is 10.2 Å². The van der Waals surface area contributed by atoms with Crippen LogP contribution in [0, 0.1) is 6.92 Å². The summed E-state index contributed by atoms with van der Waals surface area (Å²) in [5.74, 6) is 0.239. The molecule has 96 valence electrons. The minimum absolute atomic E-state index is 0.239. The highest BCUT2D eigenvalue weighted by atomic mass is 79.9. The number of aliphatic hydroxyl groups is 2. The number of aliphatic hydroxyl groups excluding tert-OH is 2. The third-order valence-corrected chi connectivity index (χ3v) is 4.08. The normalized spacial score (nSPS) is 16.6. The van der Waals surface area contributed by atoms with Crippen molar-refractivity contribution in [3.63, 3.8) is 0 Å². The van der Waals surface area contributed by atoms with Crippen molar-refractivity contribution in [2.75, 3.05) is 0 Å². The predicted molar refractivity (Wildman–Crippen MR) is 74.2 cm³/mol. The summed E-state index contributed by atoms with van der Waals surface area (Å²) < 4.78 is 1.09. The Morgan fingerprint density at radius 1 is 1.24 bits per heavy atom. The largest absolute Gasteiger partial charge is 0.390 e. The lowest BCUT2D eigenvalue weighted by Gasteiger charge is -2.21. The molecule has 0 bridgehead atoms. The highest BCUT2D eigenvalue weighted by Gasteiger charge is 2.18. The molecule has 0 radical (unpaired) electrons. The lowest BCUT2D eigenvalue weighted by molar-refractivity contribution is 0.00953. The first-order valence-electron chi connectivity index (χ1n) is 6.07. The van der Waals surface area contributed by atoms with Crippen LogP contribution in [0.25, 0.3) is 0 Å². The van der Waals surface area contributed by atoms with E-state index >= 15 is 0 Å². The van der Waals surface area contributed by atoms with Gasteiger partial charge in [-0.1, -0.05) is 41.9 Å². The molecular weight excluding hydrogens is 280 g/mol. The molecule has 0 saturated heterocycles. The molecule has 2 N–H and O–H groups in total. The van der Waals surface area contributed by atoms with Crippen LogP contribution < -0.4 is 0 Å². The van der Waals surface area contributed by atoms with Gasteiger partial charge in [0.2, 0.25) is 0 Å². The van der Waals surface area contributed by atoms with Gasteiger partial charge in [0.05, 0.1) is 12.2 Å². The standard InChI is InChI=1S/C14H21BrO2/c1-4-13(16)14(17)7-10(3)11-6-5-9(2)12(15)8-11/h5-6,8,10,13-14,16-17H,4,7H2,1-3H3. The number of aryl methyl sites for hydroxylation is 1. The van der Waals surface area contributed by atoms with Crippen LogP contribution >= 0.6 is 15.9 Å². The van der Waals surface area contributed by atoms with Gasteiger partial charge in [-0.2, -0.15) is 0 Å². The highest BCUT2D eigenvalue weighted by Crippen LogP contribution is 2.26. The van der Waals surface area contributed by atoms with Gasteiger partial charge in [-0.15, -0.1) is 0 Å². The SMILES string of the molecule is CCC(O)C(O)CC(C)c1ccc(C)c(Br)c1. The quantitative estimate of drug-likeness (QED) is 0.875. The van der Waals surface area contributed by atoms with Crippen molar-refractivity contribution in [3.05, 3.63) is 33.8 Å². The van der Waals surface area contributed by atoms with E-state index in [0.29, 0.717) is 12.8 Å². The van der Waals surface area contributed by atoms with Crippen LogP contribution in [0.2, 0.25) is 0 Å². The average Bonchev–Trinajstić information content (AvgIpc) is 2.31. The zero-order valence-corrected chi connectivity index (χ0v) is 12.2. The molecule has 0 heterocycles. The maximum atomic E-state index is 9.81. The molecule has 3 unspecified atom stereocenters. The van der Waals surface area contributed by atoms with Crippen molar-refractivity contribution in [1.29, 1.82) is 0 Å². The summed E-state index contributed by atoms with van der Waals surface area (Å²) in [5, 5.41) is 19.4. The smallest absolute Gasteiger partial charge is 0.0804 e. The zero-order valence-electron chi connectivity index (χ0n) is 10.7. The Bertz CT molecular complexity index is 365. The van der Waals surface area contributed by atoms with Crippen LogP contribution in [-0.2, 0) is 0 Å². The minimum Gasteiger partial charge on any atom is -0.390 e. The Kier molecular flexibility index (Phi) is 5.63. The molecule has 17 heavy (non-hydrogen) atoms. The van der Waals surface area contributed by atoms with Crippen LogP contribution in [0.3, 0.4) is 0 Å². The molecule has 2 nitrogen and oxygen atoms in total. The summed E-state index contributed by atoms with van der Waals surface area (Å²) in [6.07, 6.45) is -0.0860. The van der Waals surface area contributed by atoms with E-state index in [2.05, 4.69) is 41.1 Å². The second-order valence-corrected chi connectivity index (χ2v) is 5.54. The summed E-state index contributed by atoms with van der Waals surface area (Å²) in [6.45, 7) is 6.00. The van der Waals surface area contributed by atoms with E-state index in [0.717, 1.165) is 4.47 Å². The Balaban J connectivity index is 2.69. The molecule has 3 heteroatoms. The Labute approximate surface area is 112 Å². The van der Waals surface area contributed by atoms with Gasteiger partial charge in [0.25, 0.3) is 0 Å². The van der Waals surface area contributed by atoms with Gasteiger partial charge in [0.15, 0.2) is 0 Å². The van der Waals surface area contributed by atoms with Crippen molar-refractivity contribution in [1.82, 2.24) is 0 Å². The van der Waals surface area contributed by atoms with Gasteiger partial charge < -0.3 is 10.2 Å². The summed E-state index contributed by atoms with van der Waals surface area (Å²) in [7, 11) is 0. The van der Waals surface area contributed by atoms with Gasteiger partial charge in [0, 0.05) is 4.47 Å². The predicted octanol–water partition coefficient (Wildman–Crippen LogP) is 3.38. The minimum atomic E-state index is -0.643. The lowest BCUT2D eigenvalue weighted by atomic mass is 9.92. The first-order chi connectivity index (χ1) is 7.95. The molecule has 0 aromatic heterocycles. The third-order valence-electron chi connectivity index (χ3n) is 3.22. The fourth-order valence-electron chi connectivity index (χ4n) is 1.84. The van der Waals surface area contributed by atoms with Gasteiger partial charge in [-0.25, -0.2) is 0 Å². The third kappa shape index (κ3) is 4.09. The maximum Gasteiger partial charge on any atom is 0.0804 e. The first kappa shape index (κ1) is 14.7. The Hall–Kier alpha value is -0.380. The van der Waals surface area contributed by atoms with E-state index in [1.807, 2.05) is 13.8 Å². The molecule has 0 fully saturated rings. The average molecular weight is 301 g/mol. The summed E-state index contributed by atoms with van der Waals surface area (Å²) in [6, 6.07) is 6.24. The number of rotatable bonds is 5. The molecule has 0 aliphatic rings. The van der Waals surface area contributed by atoms with Gasteiger partial charge in [-0.3, -0.25) is 0 Å². The highest BCUT2D eigenvalue weighted by molar-refractivity contribution is 9.10. The van der Waals surface area contributed by atoms with Gasteiger partial charge >= 0.3 is 0 Å². The fraction of sp³-hybridized carbons (Fsp3) is 0.571. The van der Waals surface area contributed by atoms with Crippen LogP contribution in [-0.4, -0.2) is 22.4 Å². The molecular formula is C14H21BrO2. The molecule has 1 rings (SSSR count). The summed E-state index contributed by atoms with van der Waals surface area (Å²) in [4.78, 5) is 0. The number of hydrogen-bond acceptors (Lipinski definition) is 2. The zero-order chi connectivity index (χ0) is 13.0. The second-order valence-electron chi connectivity index (χ2n) is 4.69. The van der Waals surface area contributed by atoms with Crippen molar-refractivity contribution >= 4 is 15.9 Å². The van der Waals surface area contributed by atoms with E-state index in [-0.39, 0.29) is 5.92 Å². The molecule has 0 amide bonds.